The van der Waals surface area contributed by atoms with E-state index in [1.165, 1.54) is 31.2 Å². The van der Waals surface area contributed by atoms with Crippen molar-refractivity contribution < 1.29 is 21.6 Å². The van der Waals surface area contributed by atoms with Crippen LogP contribution < -0.4 is 4.72 Å². The van der Waals surface area contributed by atoms with Crippen LogP contribution in [0.15, 0.2) is 47.4 Å². The van der Waals surface area contributed by atoms with Gasteiger partial charge < -0.3 is 0 Å². The van der Waals surface area contributed by atoms with Gasteiger partial charge in [0.1, 0.15) is 0 Å². The summed E-state index contributed by atoms with van der Waals surface area (Å²) in [4.78, 5) is 0.0874. The third kappa shape index (κ3) is 4.15. The number of hydrogen-bond acceptors (Lipinski definition) is 2. The molecule has 130 valence electrons. The second-order valence-corrected chi connectivity index (χ2v) is 7.43. The van der Waals surface area contributed by atoms with Crippen LogP contribution >= 0.6 is 0 Å². The SMILES string of the molecule is Cc1ccc(S(=O)(=O)NC(C)c2cccc(C(F)(F)F)c2)cc1C. The molecule has 0 aliphatic rings. The lowest BCUT2D eigenvalue weighted by Crippen LogP contribution is -2.27. The minimum atomic E-state index is -4.47. The van der Waals surface area contributed by atoms with Crippen molar-refractivity contribution in [2.45, 2.75) is 37.9 Å². The average Bonchev–Trinajstić information content (AvgIpc) is 2.48. The first-order valence-corrected chi connectivity index (χ1v) is 8.76. The summed E-state index contributed by atoms with van der Waals surface area (Å²) in [6.07, 6.45) is -4.47. The molecule has 0 amide bonds. The smallest absolute Gasteiger partial charge is 0.207 e. The molecule has 0 radical (unpaired) electrons. The Morgan fingerprint density at radius 2 is 1.67 bits per heavy atom. The monoisotopic (exact) mass is 357 g/mol. The van der Waals surface area contributed by atoms with Gasteiger partial charge >= 0.3 is 6.18 Å². The summed E-state index contributed by atoms with van der Waals surface area (Å²) < 4.78 is 65.6. The molecule has 2 rings (SSSR count). The second-order valence-electron chi connectivity index (χ2n) is 5.71. The number of nitrogens with one attached hydrogen (secondary N) is 1. The van der Waals surface area contributed by atoms with Crippen molar-refractivity contribution in [3.05, 3.63) is 64.7 Å². The van der Waals surface area contributed by atoms with Crippen molar-refractivity contribution in [1.29, 1.82) is 0 Å². The minimum Gasteiger partial charge on any atom is -0.207 e. The molecule has 3 nitrogen and oxygen atoms in total. The molecule has 0 aliphatic heterocycles. The molecule has 2 aromatic carbocycles. The number of halogens is 3. The molecule has 0 heterocycles. The second kappa shape index (κ2) is 6.57. The Bertz CT molecular complexity index is 845. The van der Waals surface area contributed by atoms with Gasteiger partial charge in [0, 0.05) is 6.04 Å². The van der Waals surface area contributed by atoms with Crippen LogP contribution in [0.3, 0.4) is 0 Å². The number of sulfonamides is 1. The molecule has 0 aromatic heterocycles. The highest BCUT2D eigenvalue weighted by atomic mass is 32.2. The lowest BCUT2D eigenvalue weighted by molar-refractivity contribution is -0.137. The van der Waals surface area contributed by atoms with E-state index in [4.69, 9.17) is 0 Å². The summed E-state index contributed by atoms with van der Waals surface area (Å²) in [6, 6.07) is 8.54. The molecule has 7 heteroatoms. The standard InChI is InChI=1S/C17H18F3NO2S/c1-11-7-8-16(9-12(11)2)24(22,23)21-13(3)14-5-4-6-15(10-14)17(18,19)20/h4-10,13,21H,1-3H3. The van der Waals surface area contributed by atoms with Crippen LogP contribution in [0.1, 0.15) is 35.2 Å². The molecule has 0 bridgehead atoms. The first-order chi connectivity index (χ1) is 11.0. The first-order valence-electron chi connectivity index (χ1n) is 7.27. The number of aryl methyl sites for hydroxylation is 2. The Balaban J connectivity index is 2.28. The van der Waals surface area contributed by atoms with Gasteiger partial charge in [-0.05, 0) is 61.7 Å². The summed E-state index contributed by atoms with van der Waals surface area (Å²) in [5.41, 5.74) is 1.22. The maximum absolute atomic E-state index is 12.8. The summed E-state index contributed by atoms with van der Waals surface area (Å²) in [7, 11) is -3.83. The van der Waals surface area contributed by atoms with Crippen molar-refractivity contribution in [3.63, 3.8) is 0 Å². The zero-order valence-electron chi connectivity index (χ0n) is 13.5. The highest BCUT2D eigenvalue weighted by Gasteiger charge is 2.31. The molecule has 1 atom stereocenters. The van der Waals surface area contributed by atoms with E-state index >= 15 is 0 Å². The fraction of sp³-hybridized carbons (Fsp3) is 0.294. The molecule has 1 unspecified atom stereocenters. The molecular weight excluding hydrogens is 339 g/mol. The lowest BCUT2D eigenvalue weighted by atomic mass is 10.1. The van der Waals surface area contributed by atoms with Crippen molar-refractivity contribution in [2.24, 2.45) is 0 Å². The number of alkyl halides is 3. The van der Waals surface area contributed by atoms with Gasteiger partial charge in [0.05, 0.1) is 10.5 Å². The predicted molar refractivity (Wildman–Crippen MR) is 86.1 cm³/mol. The van der Waals surface area contributed by atoms with Gasteiger partial charge in [-0.1, -0.05) is 18.2 Å². The van der Waals surface area contributed by atoms with Crippen molar-refractivity contribution >= 4 is 10.0 Å². The summed E-state index contributed by atoms with van der Waals surface area (Å²) in [5.74, 6) is 0. The third-order valence-electron chi connectivity index (χ3n) is 3.83. The Hall–Kier alpha value is -1.86. The minimum absolute atomic E-state index is 0.0874. The van der Waals surface area contributed by atoms with Crippen molar-refractivity contribution in [3.8, 4) is 0 Å². The topological polar surface area (TPSA) is 46.2 Å². The van der Waals surface area contributed by atoms with Crippen LogP contribution in [0.4, 0.5) is 13.2 Å². The van der Waals surface area contributed by atoms with E-state index in [-0.39, 0.29) is 10.5 Å². The van der Waals surface area contributed by atoms with Crippen LogP contribution in [0.5, 0.6) is 0 Å². The Morgan fingerprint density at radius 3 is 2.25 bits per heavy atom. The van der Waals surface area contributed by atoms with E-state index in [1.54, 1.807) is 13.0 Å². The van der Waals surface area contributed by atoms with Crippen molar-refractivity contribution in [1.82, 2.24) is 4.72 Å². The third-order valence-corrected chi connectivity index (χ3v) is 5.37. The van der Waals surface area contributed by atoms with Gasteiger partial charge in [-0.25, -0.2) is 13.1 Å². The highest BCUT2D eigenvalue weighted by Crippen LogP contribution is 2.31. The average molecular weight is 357 g/mol. The summed E-state index contributed by atoms with van der Waals surface area (Å²) in [6.45, 7) is 5.17. The Kier molecular flexibility index (Phi) is 5.05. The van der Waals surface area contributed by atoms with Crippen LogP contribution in [-0.2, 0) is 16.2 Å². The van der Waals surface area contributed by atoms with Crippen LogP contribution in [0.25, 0.3) is 0 Å². The van der Waals surface area contributed by atoms with Crippen LogP contribution in [0, 0.1) is 13.8 Å². The van der Waals surface area contributed by atoms with Crippen LogP contribution in [-0.4, -0.2) is 8.42 Å². The molecule has 0 saturated carbocycles. The van der Waals surface area contributed by atoms with Crippen molar-refractivity contribution in [2.75, 3.05) is 0 Å². The highest BCUT2D eigenvalue weighted by molar-refractivity contribution is 7.89. The fourth-order valence-corrected chi connectivity index (χ4v) is 3.55. The Labute approximate surface area is 139 Å². The first kappa shape index (κ1) is 18.5. The number of rotatable bonds is 4. The number of hydrogen-bond donors (Lipinski definition) is 1. The summed E-state index contributed by atoms with van der Waals surface area (Å²) >= 11 is 0. The maximum atomic E-state index is 12.8. The largest absolute Gasteiger partial charge is 0.416 e. The van der Waals surface area contributed by atoms with E-state index in [0.717, 1.165) is 23.3 Å². The van der Waals surface area contributed by atoms with E-state index in [0.29, 0.717) is 0 Å². The van der Waals surface area contributed by atoms with E-state index in [2.05, 4.69) is 4.72 Å². The van der Waals surface area contributed by atoms with Gasteiger partial charge in [0.15, 0.2) is 0 Å². The van der Waals surface area contributed by atoms with Gasteiger partial charge in [0.25, 0.3) is 0 Å². The molecule has 0 fully saturated rings. The molecule has 2 aromatic rings. The van der Waals surface area contributed by atoms with Crippen LogP contribution in [0.2, 0.25) is 0 Å². The summed E-state index contributed by atoms with van der Waals surface area (Å²) in [5, 5.41) is 0. The Morgan fingerprint density at radius 1 is 1.00 bits per heavy atom. The van der Waals surface area contributed by atoms with Gasteiger partial charge in [-0.2, -0.15) is 13.2 Å². The quantitative estimate of drug-likeness (QED) is 0.884. The number of benzene rings is 2. The maximum Gasteiger partial charge on any atom is 0.416 e. The molecule has 1 N–H and O–H groups in total. The zero-order valence-corrected chi connectivity index (χ0v) is 14.3. The predicted octanol–water partition coefficient (Wildman–Crippen LogP) is 4.36. The fourth-order valence-electron chi connectivity index (χ4n) is 2.23. The molecule has 24 heavy (non-hydrogen) atoms. The molecular formula is C17H18F3NO2S. The molecule has 0 saturated heterocycles. The molecule has 0 spiro atoms. The van der Waals surface area contributed by atoms with E-state index in [1.807, 2.05) is 6.92 Å². The van der Waals surface area contributed by atoms with Gasteiger partial charge in [-0.3, -0.25) is 0 Å². The van der Waals surface area contributed by atoms with E-state index < -0.39 is 27.8 Å². The normalized spacial score (nSPS) is 13.8. The lowest BCUT2D eigenvalue weighted by Gasteiger charge is -2.17. The zero-order chi connectivity index (χ0) is 18.1. The van der Waals surface area contributed by atoms with Gasteiger partial charge in [-0.15, -0.1) is 0 Å². The van der Waals surface area contributed by atoms with E-state index in [9.17, 15) is 21.6 Å². The molecule has 0 aliphatic carbocycles. The van der Waals surface area contributed by atoms with Gasteiger partial charge in [0.2, 0.25) is 10.0 Å².